The summed E-state index contributed by atoms with van der Waals surface area (Å²) in [5, 5.41) is 0. The highest BCUT2D eigenvalue weighted by atomic mass is 32.2. The van der Waals surface area contributed by atoms with Crippen LogP contribution in [0.3, 0.4) is 0 Å². The third kappa shape index (κ3) is 8.53. The topological polar surface area (TPSA) is 29.5 Å². The van der Waals surface area contributed by atoms with Crippen molar-refractivity contribution in [3.63, 3.8) is 0 Å². The van der Waals surface area contributed by atoms with Gasteiger partial charge in [0.25, 0.3) is 0 Å². The first-order valence-electron chi connectivity index (χ1n) is 7.47. The Morgan fingerprint density at radius 1 is 1.26 bits per heavy atom. The monoisotopic (exact) mass is 289 g/mol. The SMILES string of the molecule is CCCCC(CC)C(=O)N(CCCOC)CCSC. The van der Waals surface area contributed by atoms with Gasteiger partial charge >= 0.3 is 0 Å². The van der Waals surface area contributed by atoms with Crippen LogP contribution in [0.2, 0.25) is 0 Å². The van der Waals surface area contributed by atoms with Crippen molar-refractivity contribution in [3.05, 3.63) is 0 Å². The first kappa shape index (κ1) is 18.8. The minimum atomic E-state index is 0.212. The number of ether oxygens (including phenoxy) is 1. The van der Waals surface area contributed by atoms with Crippen LogP contribution in [0, 0.1) is 5.92 Å². The molecule has 0 aromatic carbocycles. The van der Waals surface area contributed by atoms with Crippen LogP contribution < -0.4 is 0 Å². The highest BCUT2D eigenvalue weighted by molar-refractivity contribution is 7.98. The lowest BCUT2D eigenvalue weighted by Gasteiger charge is -2.27. The quantitative estimate of drug-likeness (QED) is 0.516. The molecule has 0 radical (unpaired) electrons. The van der Waals surface area contributed by atoms with Gasteiger partial charge < -0.3 is 9.64 Å². The van der Waals surface area contributed by atoms with E-state index in [1.807, 2.05) is 4.90 Å². The summed E-state index contributed by atoms with van der Waals surface area (Å²) in [4.78, 5) is 14.6. The number of unbranched alkanes of at least 4 members (excludes halogenated alkanes) is 1. The van der Waals surface area contributed by atoms with Crippen molar-refractivity contribution in [2.45, 2.75) is 46.0 Å². The fraction of sp³-hybridized carbons (Fsp3) is 0.933. The summed E-state index contributed by atoms with van der Waals surface area (Å²) >= 11 is 1.80. The van der Waals surface area contributed by atoms with Crippen LogP contribution in [-0.2, 0) is 9.53 Å². The lowest BCUT2D eigenvalue weighted by atomic mass is 9.97. The third-order valence-corrected chi connectivity index (χ3v) is 3.99. The van der Waals surface area contributed by atoms with Crippen molar-refractivity contribution in [2.24, 2.45) is 5.92 Å². The normalized spacial score (nSPS) is 12.4. The summed E-state index contributed by atoms with van der Waals surface area (Å²) in [6.45, 7) is 6.73. The molecule has 0 aromatic rings. The Labute approximate surface area is 123 Å². The maximum Gasteiger partial charge on any atom is 0.225 e. The summed E-state index contributed by atoms with van der Waals surface area (Å²) in [7, 11) is 1.71. The fourth-order valence-electron chi connectivity index (χ4n) is 2.14. The van der Waals surface area contributed by atoms with E-state index in [-0.39, 0.29) is 5.92 Å². The molecular formula is C15H31NO2S. The van der Waals surface area contributed by atoms with E-state index >= 15 is 0 Å². The predicted molar refractivity (Wildman–Crippen MR) is 84.8 cm³/mol. The first-order valence-corrected chi connectivity index (χ1v) is 8.87. The van der Waals surface area contributed by atoms with Crippen LogP contribution in [0.1, 0.15) is 46.0 Å². The smallest absolute Gasteiger partial charge is 0.225 e. The van der Waals surface area contributed by atoms with Gasteiger partial charge in [0.1, 0.15) is 0 Å². The second-order valence-electron chi connectivity index (χ2n) is 4.91. The Balaban J connectivity index is 4.37. The third-order valence-electron chi connectivity index (χ3n) is 3.40. The summed E-state index contributed by atoms with van der Waals surface area (Å²) in [5.41, 5.74) is 0. The Bertz CT molecular complexity index is 224. The second-order valence-corrected chi connectivity index (χ2v) is 5.90. The van der Waals surface area contributed by atoms with Crippen molar-refractivity contribution in [3.8, 4) is 0 Å². The molecule has 1 unspecified atom stereocenters. The van der Waals surface area contributed by atoms with Crippen molar-refractivity contribution >= 4 is 17.7 Å². The van der Waals surface area contributed by atoms with Crippen molar-refractivity contribution in [1.82, 2.24) is 4.90 Å². The minimum Gasteiger partial charge on any atom is -0.385 e. The van der Waals surface area contributed by atoms with Gasteiger partial charge in [-0.15, -0.1) is 0 Å². The average Bonchev–Trinajstić information content (AvgIpc) is 2.43. The lowest BCUT2D eigenvalue weighted by molar-refractivity contribution is -0.135. The Kier molecular flexibility index (Phi) is 12.6. The Morgan fingerprint density at radius 2 is 2.00 bits per heavy atom. The second kappa shape index (κ2) is 12.8. The zero-order chi connectivity index (χ0) is 14.5. The molecule has 0 aliphatic carbocycles. The molecule has 0 aliphatic rings. The number of carbonyl (C=O) groups is 1. The van der Waals surface area contributed by atoms with Crippen LogP contribution in [-0.4, -0.2) is 49.6 Å². The van der Waals surface area contributed by atoms with Crippen LogP contribution in [0.5, 0.6) is 0 Å². The molecule has 0 aromatic heterocycles. The Hall–Kier alpha value is -0.220. The number of amides is 1. The van der Waals surface area contributed by atoms with Crippen LogP contribution in [0.4, 0.5) is 0 Å². The number of thioether (sulfide) groups is 1. The summed E-state index contributed by atoms with van der Waals surface area (Å²) in [6.07, 6.45) is 7.33. The maximum absolute atomic E-state index is 12.6. The van der Waals surface area contributed by atoms with E-state index in [0.29, 0.717) is 5.91 Å². The molecular weight excluding hydrogens is 258 g/mol. The lowest BCUT2D eigenvalue weighted by Crippen LogP contribution is -2.38. The predicted octanol–water partition coefficient (Wildman–Crippen LogP) is 3.43. The van der Waals surface area contributed by atoms with E-state index in [9.17, 15) is 4.79 Å². The molecule has 0 saturated carbocycles. The van der Waals surface area contributed by atoms with E-state index < -0.39 is 0 Å². The molecule has 4 heteroatoms. The molecule has 0 spiro atoms. The summed E-state index contributed by atoms with van der Waals surface area (Å²) in [6, 6.07) is 0. The first-order chi connectivity index (χ1) is 9.21. The van der Waals surface area contributed by atoms with Crippen molar-refractivity contribution < 1.29 is 9.53 Å². The molecule has 0 fully saturated rings. The molecule has 0 aliphatic heterocycles. The molecule has 0 saturated heterocycles. The highest BCUT2D eigenvalue weighted by Crippen LogP contribution is 2.16. The van der Waals surface area contributed by atoms with Gasteiger partial charge in [0.2, 0.25) is 5.91 Å². The molecule has 1 amide bonds. The molecule has 0 rings (SSSR count). The Morgan fingerprint density at radius 3 is 2.53 bits per heavy atom. The van der Waals surface area contributed by atoms with E-state index in [1.54, 1.807) is 18.9 Å². The molecule has 0 bridgehead atoms. The largest absolute Gasteiger partial charge is 0.385 e. The molecule has 0 N–H and O–H groups in total. The van der Waals surface area contributed by atoms with Gasteiger partial charge in [-0.3, -0.25) is 4.79 Å². The molecule has 3 nitrogen and oxygen atoms in total. The highest BCUT2D eigenvalue weighted by Gasteiger charge is 2.21. The van der Waals surface area contributed by atoms with Gasteiger partial charge in [-0.25, -0.2) is 0 Å². The van der Waals surface area contributed by atoms with Gasteiger partial charge in [-0.1, -0.05) is 26.7 Å². The molecule has 19 heavy (non-hydrogen) atoms. The molecule has 1 atom stereocenters. The zero-order valence-corrected chi connectivity index (χ0v) is 13.9. The zero-order valence-electron chi connectivity index (χ0n) is 13.1. The number of carbonyl (C=O) groups excluding carboxylic acids is 1. The van der Waals surface area contributed by atoms with E-state index in [1.165, 1.54) is 0 Å². The summed E-state index contributed by atoms with van der Waals surface area (Å²) in [5.74, 6) is 1.58. The van der Waals surface area contributed by atoms with E-state index in [2.05, 4.69) is 20.1 Å². The average molecular weight is 289 g/mol. The van der Waals surface area contributed by atoms with Crippen LogP contribution in [0.25, 0.3) is 0 Å². The van der Waals surface area contributed by atoms with E-state index in [4.69, 9.17) is 4.74 Å². The van der Waals surface area contributed by atoms with Crippen LogP contribution >= 0.6 is 11.8 Å². The van der Waals surface area contributed by atoms with Gasteiger partial charge in [0.15, 0.2) is 0 Å². The number of rotatable bonds is 12. The maximum atomic E-state index is 12.6. The number of hydrogen-bond acceptors (Lipinski definition) is 3. The van der Waals surface area contributed by atoms with Crippen molar-refractivity contribution in [2.75, 3.05) is 38.8 Å². The van der Waals surface area contributed by atoms with Crippen LogP contribution in [0.15, 0.2) is 0 Å². The fourth-order valence-corrected chi connectivity index (χ4v) is 2.55. The van der Waals surface area contributed by atoms with Crippen molar-refractivity contribution in [1.29, 1.82) is 0 Å². The number of nitrogens with zero attached hydrogens (tertiary/aromatic N) is 1. The van der Waals surface area contributed by atoms with Gasteiger partial charge in [-0.05, 0) is 25.5 Å². The molecule has 0 heterocycles. The van der Waals surface area contributed by atoms with Gasteiger partial charge in [-0.2, -0.15) is 11.8 Å². The minimum absolute atomic E-state index is 0.212. The number of hydrogen-bond donors (Lipinski definition) is 0. The number of methoxy groups -OCH3 is 1. The van der Waals surface area contributed by atoms with Gasteiger partial charge in [0, 0.05) is 38.5 Å². The molecule has 114 valence electrons. The standard InChI is InChI=1S/C15H31NO2S/c1-5-7-9-14(6-2)15(17)16(11-13-19-4)10-8-12-18-3/h14H,5-13H2,1-4H3. The summed E-state index contributed by atoms with van der Waals surface area (Å²) < 4.78 is 5.08. The van der Waals surface area contributed by atoms with Gasteiger partial charge in [0.05, 0.1) is 0 Å². The van der Waals surface area contributed by atoms with E-state index in [0.717, 1.165) is 57.6 Å².